The number of rotatable bonds is 1. The van der Waals surface area contributed by atoms with Crippen LogP contribution in [-0.4, -0.2) is 18.0 Å². The first kappa shape index (κ1) is 6.66. The molecule has 1 nitrogen and oxygen atoms in total. The maximum absolute atomic E-state index is 3.19. The molecule has 0 bridgehead atoms. The van der Waals surface area contributed by atoms with Crippen LogP contribution in [0.25, 0.3) is 0 Å². The minimum atomic E-state index is 1.21. The van der Waals surface area contributed by atoms with Gasteiger partial charge < -0.3 is 4.90 Å². The molecule has 0 saturated carbocycles. The summed E-state index contributed by atoms with van der Waals surface area (Å²) < 4.78 is 0. The fourth-order valence-electron chi connectivity index (χ4n) is 1.21. The van der Waals surface area contributed by atoms with E-state index in [-0.39, 0.29) is 0 Å². The minimum absolute atomic E-state index is 1.21. The van der Waals surface area contributed by atoms with Crippen LogP contribution in [0.1, 0.15) is 26.2 Å². The molecule has 0 aliphatic carbocycles. The van der Waals surface area contributed by atoms with Crippen molar-refractivity contribution in [2.75, 3.05) is 13.1 Å². The zero-order chi connectivity index (χ0) is 6.53. The number of hydrogen-bond donors (Lipinski definition) is 0. The lowest BCUT2D eigenvalue weighted by molar-refractivity contribution is 0.296. The van der Waals surface area contributed by atoms with Gasteiger partial charge in [-0.15, -0.1) is 0 Å². The zero-order valence-electron chi connectivity index (χ0n) is 6.06. The molecule has 1 fully saturated rings. The molecule has 0 N–H and O–H groups in total. The average molecular weight is 124 g/mol. The predicted molar refractivity (Wildman–Crippen MR) is 38.9 cm³/mol. The lowest BCUT2D eigenvalue weighted by atomic mass is 10.1. The Hall–Kier alpha value is -0.460. The molecule has 0 amide bonds. The molecular formula is C8H14N. The van der Waals surface area contributed by atoms with Gasteiger partial charge in [0, 0.05) is 13.1 Å². The first-order valence-corrected chi connectivity index (χ1v) is 3.72. The molecule has 1 radical (unpaired) electrons. The molecule has 1 heterocycles. The quantitative estimate of drug-likeness (QED) is 0.515. The zero-order valence-corrected chi connectivity index (χ0v) is 6.06. The minimum Gasteiger partial charge on any atom is -0.370 e. The molecule has 0 aromatic heterocycles. The maximum Gasteiger partial charge on any atom is 0.0557 e. The summed E-state index contributed by atoms with van der Waals surface area (Å²) in [7, 11) is 0. The maximum atomic E-state index is 3.19. The first-order valence-electron chi connectivity index (χ1n) is 3.72. The summed E-state index contributed by atoms with van der Waals surface area (Å²) in [4.78, 5) is 2.27. The van der Waals surface area contributed by atoms with Crippen LogP contribution < -0.4 is 0 Å². The van der Waals surface area contributed by atoms with Crippen molar-refractivity contribution in [3.8, 4) is 0 Å². The third-order valence-corrected chi connectivity index (χ3v) is 1.67. The highest BCUT2D eigenvalue weighted by Crippen LogP contribution is 2.07. The molecule has 1 aliphatic heterocycles. The fourth-order valence-corrected chi connectivity index (χ4v) is 1.21. The van der Waals surface area contributed by atoms with Crippen LogP contribution in [0, 0.1) is 6.20 Å². The molecule has 1 aliphatic rings. The van der Waals surface area contributed by atoms with Crippen molar-refractivity contribution in [3.63, 3.8) is 0 Å². The van der Waals surface area contributed by atoms with Crippen LogP contribution in [0.4, 0.5) is 0 Å². The Kier molecular flexibility index (Phi) is 2.62. The molecule has 51 valence electrons. The molecule has 0 atom stereocenters. The molecule has 1 heteroatoms. The number of likely N-dealkylation sites (tertiary alicyclic amines) is 1. The van der Waals surface area contributed by atoms with Gasteiger partial charge >= 0.3 is 0 Å². The van der Waals surface area contributed by atoms with Crippen LogP contribution in [-0.2, 0) is 0 Å². The van der Waals surface area contributed by atoms with Gasteiger partial charge in [0.05, 0.1) is 6.20 Å². The molecule has 1 saturated heterocycles. The lowest BCUT2D eigenvalue weighted by Gasteiger charge is -2.23. The van der Waals surface area contributed by atoms with Gasteiger partial charge in [-0.25, -0.2) is 0 Å². The van der Waals surface area contributed by atoms with E-state index in [9.17, 15) is 0 Å². The van der Waals surface area contributed by atoms with Gasteiger partial charge in [-0.2, -0.15) is 0 Å². The summed E-state index contributed by atoms with van der Waals surface area (Å²) in [5.74, 6) is 0. The smallest absolute Gasteiger partial charge is 0.0557 e. The van der Waals surface area contributed by atoms with E-state index in [0.29, 0.717) is 0 Å². The van der Waals surface area contributed by atoms with Crippen LogP contribution >= 0.6 is 0 Å². The number of nitrogens with zero attached hydrogens (tertiary/aromatic N) is 1. The summed E-state index contributed by atoms with van der Waals surface area (Å²) in [6, 6.07) is 0. The van der Waals surface area contributed by atoms with Gasteiger partial charge in [-0.05, 0) is 26.2 Å². The van der Waals surface area contributed by atoms with Gasteiger partial charge in [-0.3, -0.25) is 0 Å². The third-order valence-electron chi connectivity index (χ3n) is 1.67. The summed E-state index contributed by atoms with van der Waals surface area (Å²) in [6.07, 6.45) is 9.28. The molecular weight excluding hydrogens is 110 g/mol. The summed E-state index contributed by atoms with van der Waals surface area (Å²) in [5, 5.41) is 0. The topological polar surface area (TPSA) is 3.24 Å². The highest BCUT2D eigenvalue weighted by atomic mass is 15.1. The molecule has 0 unspecified atom stereocenters. The van der Waals surface area contributed by atoms with E-state index in [2.05, 4.69) is 11.1 Å². The number of hydrogen-bond acceptors (Lipinski definition) is 1. The molecule has 0 spiro atoms. The average Bonchev–Trinajstić information content (AvgIpc) is 1.91. The van der Waals surface area contributed by atoms with Crippen molar-refractivity contribution in [1.29, 1.82) is 0 Å². The van der Waals surface area contributed by atoms with E-state index in [4.69, 9.17) is 0 Å². The fraction of sp³-hybridized carbons (Fsp3) is 0.750. The summed E-state index contributed by atoms with van der Waals surface area (Å²) in [6.45, 7) is 4.45. The molecule has 9 heavy (non-hydrogen) atoms. The van der Waals surface area contributed by atoms with Crippen molar-refractivity contribution in [2.45, 2.75) is 26.2 Å². The second-order valence-electron chi connectivity index (χ2n) is 2.47. The van der Waals surface area contributed by atoms with E-state index in [0.717, 1.165) is 0 Å². The Balaban J connectivity index is 2.23. The van der Waals surface area contributed by atoms with Crippen LogP contribution in [0.2, 0.25) is 0 Å². The highest BCUT2D eigenvalue weighted by Gasteiger charge is 2.04. The number of allylic oxidation sites excluding steroid dienone is 1. The molecule has 0 aromatic carbocycles. The second-order valence-corrected chi connectivity index (χ2v) is 2.47. The lowest BCUT2D eigenvalue weighted by Crippen LogP contribution is -2.24. The first-order chi connectivity index (χ1) is 4.43. The Labute approximate surface area is 57.4 Å². The van der Waals surface area contributed by atoms with Crippen molar-refractivity contribution in [1.82, 2.24) is 4.90 Å². The van der Waals surface area contributed by atoms with E-state index >= 15 is 0 Å². The Morgan fingerprint density at radius 3 is 2.44 bits per heavy atom. The van der Waals surface area contributed by atoms with E-state index in [1.807, 2.05) is 13.0 Å². The highest BCUT2D eigenvalue weighted by molar-refractivity contribution is 4.73. The van der Waals surface area contributed by atoms with Crippen LogP contribution in [0.3, 0.4) is 0 Å². The van der Waals surface area contributed by atoms with E-state index in [1.165, 1.54) is 32.4 Å². The number of piperidine rings is 1. The van der Waals surface area contributed by atoms with E-state index in [1.54, 1.807) is 0 Å². The van der Waals surface area contributed by atoms with Gasteiger partial charge in [0.15, 0.2) is 0 Å². The van der Waals surface area contributed by atoms with Gasteiger partial charge in [0.25, 0.3) is 0 Å². The van der Waals surface area contributed by atoms with Crippen molar-refractivity contribution in [2.24, 2.45) is 0 Å². The van der Waals surface area contributed by atoms with Gasteiger partial charge in [0.2, 0.25) is 0 Å². The summed E-state index contributed by atoms with van der Waals surface area (Å²) >= 11 is 0. The Morgan fingerprint density at radius 2 is 1.89 bits per heavy atom. The van der Waals surface area contributed by atoms with Crippen molar-refractivity contribution < 1.29 is 0 Å². The van der Waals surface area contributed by atoms with Gasteiger partial charge in [0.1, 0.15) is 0 Å². The predicted octanol–water partition coefficient (Wildman–Crippen LogP) is 1.81. The monoisotopic (exact) mass is 124 g/mol. The normalized spacial score (nSPS) is 21.2. The van der Waals surface area contributed by atoms with Crippen molar-refractivity contribution in [3.05, 3.63) is 12.3 Å². The van der Waals surface area contributed by atoms with E-state index < -0.39 is 0 Å². The Morgan fingerprint density at radius 1 is 1.22 bits per heavy atom. The third kappa shape index (κ3) is 2.08. The van der Waals surface area contributed by atoms with Crippen LogP contribution in [0.15, 0.2) is 6.08 Å². The van der Waals surface area contributed by atoms with Gasteiger partial charge in [-0.1, -0.05) is 6.08 Å². The SMILES string of the molecule is C/C=[C]/N1CCCCC1. The van der Waals surface area contributed by atoms with Crippen molar-refractivity contribution >= 4 is 0 Å². The molecule has 0 aromatic rings. The Bertz CT molecular complexity index is 90.7. The standard InChI is InChI=1S/C8H14N/c1-2-6-9-7-4-3-5-8-9/h2H,3-5,7-8H2,1H3. The molecule has 1 rings (SSSR count). The second kappa shape index (κ2) is 3.54. The van der Waals surface area contributed by atoms with Crippen LogP contribution in [0.5, 0.6) is 0 Å². The largest absolute Gasteiger partial charge is 0.370 e. The summed E-state index contributed by atoms with van der Waals surface area (Å²) in [5.41, 5.74) is 0.